The van der Waals surface area contributed by atoms with Crippen molar-refractivity contribution >= 4 is 18.1 Å². The van der Waals surface area contributed by atoms with Gasteiger partial charge in [0.25, 0.3) is 0 Å². The second-order valence-electron chi connectivity index (χ2n) is 10.5. The van der Waals surface area contributed by atoms with Gasteiger partial charge in [0.1, 0.15) is 18.2 Å². The molecule has 2 aromatic carbocycles. The van der Waals surface area contributed by atoms with Crippen LogP contribution in [0.1, 0.15) is 44.2 Å². The Kier molecular flexibility index (Phi) is 7.02. The van der Waals surface area contributed by atoms with Crippen molar-refractivity contribution in [2.24, 2.45) is 11.3 Å². The van der Waals surface area contributed by atoms with Crippen molar-refractivity contribution in [3.05, 3.63) is 71.3 Å². The molecule has 2 aliphatic heterocycles. The lowest BCUT2D eigenvalue weighted by Crippen LogP contribution is -2.59. The number of benzene rings is 2. The zero-order valence-corrected chi connectivity index (χ0v) is 20.5. The van der Waals surface area contributed by atoms with E-state index in [1.165, 1.54) is 11.0 Å². The highest BCUT2D eigenvalue weighted by Crippen LogP contribution is 2.46. The fraction of sp³-hybridized carbons (Fsp3) is 0.444. The second kappa shape index (κ2) is 9.87. The third-order valence-corrected chi connectivity index (χ3v) is 7.07. The Morgan fingerprint density at radius 2 is 1.81 bits per heavy atom. The molecule has 2 heterocycles. The maximum absolute atomic E-state index is 15.2. The Balaban J connectivity index is 1.76. The maximum atomic E-state index is 15.2. The lowest BCUT2D eigenvalue weighted by Gasteiger charge is -2.50. The fourth-order valence-electron chi connectivity index (χ4n) is 5.61. The SMILES string of the molecule is CC(C)(C)C1[C@H](c2ccc(F)cc2F)[C@@H](C(=O)N2C(=O)OC[C@@H]2Cc2ccccc2)CCN1C(=O)O. The Bertz CT molecular complexity index is 1150. The summed E-state index contributed by atoms with van der Waals surface area (Å²) in [7, 11) is 0. The van der Waals surface area contributed by atoms with Crippen LogP contribution in [0.3, 0.4) is 0 Å². The van der Waals surface area contributed by atoms with Gasteiger partial charge in [-0.1, -0.05) is 57.2 Å². The molecule has 3 amide bonds. The quantitative estimate of drug-likeness (QED) is 0.635. The number of halogens is 2. The summed E-state index contributed by atoms with van der Waals surface area (Å²) in [4.78, 5) is 41.2. The Morgan fingerprint density at radius 1 is 1.11 bits per heavy atom. The van der Waals surface area contributed by atoms with Crippen LogP contribution < -0.4 is 0 Å². The summed E-state index contributed by atoms with van der Waals surface area (Å²) in [5.41, 5.74) is 0.276. The molecule has 7 nitrogen and oxygen atoms in total. The molecule has 0 aliphatic carbocycles. The first kappa shape index (κ1) is 25.6. The normalized spacial score (nSPS) is 24.5. The van der Waals surface area contributed by atoms with Crippen LogP contribution in [-0.2, 0) is 16.0 Å². The number of nitrogens with zero attached hydrogens (tertiary/aromatic N) is 2. The molecule has 0 radical (unpaired) electrons. The van der Waals surface area contributed by atoms with Gasteiger partial charge in [-0.2, -0.15) is 0 Å². The third-order valence-electron chi connectivity index (χ3n) is 7.07. The van der Waals surface area contributed by atoms with E-state index in [0.717, 1.165) is 22.6 Å². The van der Waals surface area contributed by atoms with E-state index in [2.05, 4.69) is 0 Å². The molecule has 4 atom stereocenters. The van der Waals surface area contributed by atoms with Crippen molar-refractivity contribution in [2.45, 2.75) is 51.6 Å². The summed E-state index contributed by atoms with van der Waals surface area (Å²) in [5.74, 6) is -4.01. The second-order valence-corrected chi connectivity index (χ2v) is 10.5. The Labute approximate surface area is 208 Å². The minimum Gasteiger partial charge on any atom is -0.465 e. The van der Waals surface area contributed by atoms with Crippen molar-refractivity contribution in [2.75, 3.05) is 13.2 Å². The molecule has 0 aromatic heterocycles. The number of likely N-dealkylation sites (tertiary alicyclic amines) is 1. The van der Waals surface area contributed by atoms with Crippen LogP contribution in [0.25, 0.3) is 0 Å². The predicted molar refractivity (Wildman–Crippen MR) is 127 cm³/mol. The number of carbonyl (C=O) groups is 3. The van der Waals surface area contributed by atoms with Crippen molar-refractivity contribution in [3.63, 3.8) is 0 Å². The number of hydrogen-bond donors (Lipinski definition) is 1. The molecule has 36 heavy (non-hydrogen) atoms. The van der Waals surface area contributed by atoms with Gasteiger partial charge in [0, 0.05) is 30.5 Å². The minimum atomic E-state index is -1.18. The summed E-state index contributed by atoms with van der Waals surface area (Å²) in [5, 5.41) is 9.94. The van der Waals surface area contributed by atoms with Crippen molar-refractivity contribution in [3.8, 4) is 0 Å². The van der Waals surface area contributed by atoms with Gasteiger partial charge in [-0.15, -0.1) is 0 Å². The number of carboxylic acid groups (broad SMARTS) is 1. The molecule has 192 valence electrons. The number of rotatable bonds is 4. The first-order valence-electron chi connectivity index (χ1n) is 12.0. The molecule has 0 saturated carbocycles. The number of hydrogen-bond acceptors (Lipinski definition) is 4. The summed E-state index contributed by atoms with van der Waals surface area (Å²) in [6.45, 7) is 5.52. The molecule has 1 unspecified atom stereocenters. The van der Waals surface area contributed by atoms with Gasteiger partial charge < -0.3 is 14.7 Å². The Morgan fingerprint density at radius 3 is 2.42 bits per heavy atom. The van der Waals surface area contributed by atoms with Crippen LogP contribution in [0, 0.1) is 23.0 Å². The summed E-state index contributed by atoms with van der Waals surface area (Å²) < 4.78 is 34.2. The van der Waals surface area contributed by atoms with Crippen LogP contribution >= 0.6 is 0 Å². The van der Waals surface area contributed by atoms with Crippen LogP contribution in [0.15, 0.2) is 48.5 Å². The maximum Gasteiger partial charge on any atom is 0.416 e. The van der Waals surface area contributed by atoms with Gasteiger partial charge in [-0.25, -0.2) is 23.3 Å². The average Bonchev–Trinajstić information content (AvgIpc) is 3.17. The van der Waals surface area contributed by atoms with Crippen LogP contribution in [0.4, 0.5) is 18.4 Å². The smallest absolute Gasteiger partial charge is 0.416 e. The number of cyclic esters (lactones) is 1. The van der Waals surface area contributed by atoms with Gasteiger partial charge >= 0.3 is 12.2 Å². The average molecular weight is 501 g/mol. The van der Waals surface area contributed by atoms with Crippen LogP contribution in [0.2, 0.25) is 0 Å². The zero-order valence-electron chi connectivity index (χ0n) is 20.5. The number of ether oxygens (including phenoxy) is 1. The van der Waals surface area contributed by atoms with E-state index < -0.39 is 59.1 Å². The molecule has 0 bridgehead atoms. The van der Waals surface area contributed by atoms with Crippen LogP contribution in [-0.4, -0.2) is 58.2 Å². The molecule has 2 fully saturated rings. The highest BCUT2D eigenvalue weighted by molar-refractivity contribution is 5.95. The molecule has 0 spiro atoms. The predicted octanol–water partition coefficient (Wildman–Crippen LogP) is 5.05. The molecule has 4 rings (SSSR count). The molecular formula is C27H30F2N2O5. The zero-order chi connectivity index (χ0) is 26.2. The van der Waals surface area contributed by atoms with E-state index in [1.807, 2.05) is 51.1 Å². The first-order valence-corrected chi connectivity index (χ1v) is 12.0. The molecule has 2 saturated heterocycles. The first-order chi connectivity index (χ1) is 17.0. The molecule has 9 heteroatoms. The lowest BCUT2D eigenvalue weighted by molar-refractivity contribution is -0.137. The highest BCUT2D eigenvalue weighted by atomic mass is 19.1. The fourth-order valence-corrected chi connectivity index (χ4v) is 5.61. The summed E-state index contributed by atoms with van der Waals surface area (Å²) >= 11 is 0. The standard InChI is InChI=1S/C27H30F2N2O5/c1-27(2,3)23-22(19-10-9-17(28)14-21(19)29)20(11-12-30(23)25(33)34)24(32)31-18(15-36-26(31)35)13-16-7-5-4-6-8-16/h4-10,14,18,20,22-23H,11-13,15H2,1-3H3,(H,33,34)/t18-,20-,22+,23?/m0/s1. The molecule has 2 aliphatic rings. The topological polar surface area (TPSA) is 87.2 Å². The van der Waals surface area contributed by atoms with E-state index in [-0.39, 0.29) is 25.1 Å². The lowest BCUT2D eigenvalue weighted by atomic mass is 9.66. The number of imide groups is 1. The van der Waals surface area contributed by atoms with Crippen molar-refractivity contribution in [1.29, 1.82) is 0 Å². The largest absolute Gasteiger partial charge is 0.465 e. The molecular weight excluding hydrogens is 470 g/mol. The van der Waals surface area contributed by atoms with E-state index in [0.29, 0.717) is 6.42 Å². The van der Waals surface area contributed by atoms with E-state index in [4.69, 9.17) is 4.74 Å². The number of amides is 3. The molecule has 1 N–H and O–H groups in total. The van der Waals surface area contributed by atoms with E-state index in [9.17, 15) is 23.9 Å². The summed E-state index contributed by atoms with van der Waals surface area (Å²) in [6, 6.07) is 11.1. The monoisotopic (exact) mass is 500 g/mol. The van der Waals surface area contributed by atoms with Crippen LogP contribution in [0.5, 0.6) is 0 Å². The van der Waals surface area contributed by atoms with Gasteiger partial charge in [0.2, 0.25) is 5.91 Å². The number of carbonyl (C=O) groups excluding carboxylic acids is 2. The van der Waals surface area contributed by atoms with Crippen molar-refractivity contribution < 1.29 is 33.0 Å². The summed E-state index contributed by atoms with van der Waals surface area (Å²) in [6.07, 6.45) is -1.48. The van der Waals surface area contributed by atoms with Crippen molar-refractivity contribution in [1.82, 2.24) is 9.80 Å². The van der Waals surface area contributed by atoms with Gasteiger partial charge in [-0.05, 0) is 35.4 Å². The van der Waals surface area contributed by atoms with Gasteiger partial charge in [-0.3, -0.25) is 4.79 Å². The van der Waals surface area contributed by atoms with Gasteiger partial charge in [0.05, 0.1) is 6.04 Å². The van der Waals surface area contributed by atoms with Gasteiger partial charge in [0.15, 0.2) is 0 Å². The Hall–Kier alpha value is -3.49. The van der Waals surface area contributed by atoms with E-state index >= 15 is 4.39 Å². The third kappa shape index (κ3) is 4.92. The highest BCUT2D eigenvalue weighted by Gasteiger charge is 2.52. The minimum absolute atomic E-state index is 0.0334. The number of piperidine rings is 1. The molecule has 2 aromatic rings. The van der Waals surface area contributed by atoms with E-state index in [1.54, 1.807) is 0 Å².